The third-order valence-electron chi connectivity index (χ3n) is 1.55. The van der Waals surface area contributed by atoms with Gasteiger partial charge < -0.3 is 9.47 Å². The topological polar surface area (TPSA) is 18.5 Å². The number of hydrogen-bond acceptors (Lipinski definition) is 2. The Morgan fingerprint density at radius 1 is 2.00 bits per heavy atom. The lowest BCUT2D eigenvalue weighted by atomic mass is 10.1. The van der Waals surface area contributed by atoms with E-state index in [-0.39, 0.29) is 6.10 Å². The summed E-state index contributed by atoms with van der Waals surface area (Å²) < 4.78 is 17.4. The van der Waals surface area contributed by atoms with Crippen LogP contribution in [-0.2, 0) is 9.47 Å². The van der Waals surface area contributed by atoms with E-state index in [1.165, 1.54) is 0 Å². The molecule has 1 aliphatic heterocycles. The molecule has 1 saturated heterocycles. The average molecular weight is 131 g/mol. The molecule has 0 aliphatic carbocycles. The molecule has 0 saturated carbocycles. The Kier molecular flexibility index (Phi) is 2.01. The van der Waals surface area contributed by atoms with Crippen LogP contribution >= 0.6 is 0 Å². The van der Waals surface area contributed by atoms with Crippen molar-refractivity contribution in [3.05, 3.63) is 6.42 Å². The zero-order valence-corrected chi connectivity index (χ0v) is 5.83. The highest BCUT2D eigenvalue weighted by molar-refractivity contribution is 4.85. The smallest absolute Gasteiger partial charge is 0.0837 e. The van der Waals surface area contributed by atoms with Gasteiger partial charge in [0.05, 0.1) is 20.7 Å². The molecule has 2 heteroatoms. The van der Waals surface area contributed by atoms with Crippen molar-refractivity contribution in [3.63, 3.8) is 0 Å². The van der Waals surface area contributed by atoms with Crippen molar-refractivity contribution in [2.24, 2.45) is 5.92 Å². The van der Waals surface area contributed by atoms with E-state index in [2.05, 4.69) is 0 Å². The van der Waals surface area contributed by atoms with E-state index in [4.69, 9.17) is 10.8 Å². The van der Waals surface area contributed by atoms with E-state index in [1.54, 1.807) is 7.11 Å². The molecule has 0 spiro atoms. The summed E-state index contributed by atoms with van der Waals surface area (Å²) in [7, 11) is 1.65. The molecule has 53 valence electrons. The second kappa shape index (κ2) is 3.18. The van der Waals surface area contributed by atoms with Crippen LogP contribution in [0, 0.1) is 12.3 Å². The van der Waals surface area contributed by atoms with Crippen molar-refractivity contribution < 1.29 is 10.8 Å². The van der Waals surface area contributed by atoms with Crippen molar-refractivity contribution in [1.29, 1.82) is 0 Å². The minimum absolute atomic E-state index is 0.0903. The zero-order chi connectivity index (χ0) is 7.56. The molecule has 1 fully saturated rings. The molecule has 0 amide bonds. The van der Waals surface area contributed by atoms with Crippen molar-refractivity contribution in [3.8, 4) is 0 Å². The molecule has 2 nitrogen and oxygen atoms in total. The number of ether oxygens (including phenoxy) is 2. The monoisotopic (exact) mass is 131 g/mol. The van der Waals surface area contributed by atoms with E-state index in [0.717, 1.165) is 0 Å². The lowest BCUT2D eigenvalue weighted by molar-refractivity contribution is 0.0234. The first kappa shape index (κ1) is 5.69. The third-order valence-corrected chi connectivity index (χ3v) is 1.55. The first-order valence-electron chi connectivity index (χ1n) is 3.73. The fourth-order valence-corrected chi connectivity index (χ4v) is 0.873. The van der Waals surface area contributed by atoms with Gasteiger partial charge >= 0.3 is 0 Å². The van der Waals surface area contributed by atoms with E-state index in [9.17, 15) is 0 Å². The van der Waals surface area contributed by atoms with E-state index < -0.39 is 6.58 Å². The molecular formula is C7H13O2. The Balaban J connectivity index is 2.31. The minimum atomic E-state index is -0.449. The van der Waals surface area contributed by atoms with E-state index in [0.29, 0.717) is 12.5 Å². The van der Waals surface area contributed by atoms with Crippen LogP contribution in [0.5, 0.6) is 0 Å². The van der Waals surface area contributed by atoms with Crippen LogP contribution in [0.25, 0.3) is 0 Å². The highest BCUT2D eigenvalue weighted by Crippen LogP contribution is 2.18. The molecule has 0 bridgehead atoms. The molecular weight excluding hydrogens is 116 g/mol. The molecule has 0 N–H and O–H groups in total. The largest absolute Gasteiger partial charge is 0.382 e. The lowest BCUT2D eigenvalue weighted by Gasteiger charge is -2.11. The van der Waals surface area contributed by atoms with Crippen LogP contribution in [-0.4, -0.2) is 26.4 Å². The first-order chi connectivity index (χ1) is 4.74. The van der Waals surface area contributed by atoms with Gasteiger partial charge in [0.1, 0.15) is 0 Å². The van der Waals surface area contributed by atoms with Gasteiger partial charge in [-0.25, -0.2) is 0 Å². The Morgan fingerprint density at radius 3 is 3.22 bits per heavy atom. The van der Waals surface area contributed by atoms with E-state index in [1.807, 2.05) is 13.3 Å². The molecule has 1 aliphatic rings. The van der Waals surface area contributed by atoms with Crippen molar-refractivity contribution >= 4 is 0 Å². The Hall–Kier alpha value is -0.0800. The summed E-state index contributed by atoms with van der Waals surface area (Å²) in [4.78, 5) is 0. The van der Waals surface area contributed by atoms with Crippen LogP contribution in [0.3, 0.4) is 0 Å². The molecule has 0 aromatic heterocycles. The maximum atomic E-state index is 7.24. The standard InChI is InChI=1S/C7H13O2/c1-6-3-4-9-7(6)5-8-2/h3,6-7H,4-5H2,1-2H3/t6?,7-/m1/s1/i4T/t4?,6?,7-. The SMILES string of the molecule is [3H]C1[CH]C(C)[C@@H](COC)O1. The summed E-state index contributed by atoms with van der Waals surface area (Å²) in [5, 5.41) is 0. The van der Waals surface area contributed by atoms with Gasteiger partial charge in [-0.15, -0.1) is 0 Å². The number of rotatable bonds is 2. The van der Waals surface area contributed by atoms with E-state index >= 15 is 0 Å². The van der Waals surface area contributed by atoms with Gasteiger partial charge in [-0.05, 0) is 12.3 Å². The quantitative estimate of drug-likeness (QED) is 0.553. The van der Waals surface area contributed by atoms with Crippen LogP contribution < -0.4 is 0 Å². The Morgan fingerprint density at radius 2 is 2.78 bits per heavy atom. The second-order valence-corrected chi connectivity index (χ2v) is 2.32. The van der Waals surface area contributed by atoms with Crippen molar-refractivity contribution in [2.45, 2.75) is 13.0 Å². The molecule has 1 rings (SSSR count). The normalized spacial score (nSPS) is 45.1. The molecule has 0 aromatic rings. The molecule has 1 heterocycles. The molecule has 1 radical (unpaired) electrons. The van der Waals surface area contributed by atoms with Gasteiger partial charge in [0.25, 0.3) is 0 Å². The molecule has 2 unspecified atom stereocenters. The predicted molar refractivity (Wildman–Crippen MR) is 35.1 cm³/mol. The predicted octanol–water partition coefficient (Wildman–Crippen LogP) is 0.872. The Bertz CT molecular complexity index is 108. The summed E-state index contributed by atoms with van der Waals surface area (Å²) in [6.07, 6.45) is 1.97. The van der Waals surface area contributed by atoms with Crippen LogP contribution in [0.15, 0.2) is 0 Å². The van der Waals surface area contributed by atoms with Gasteiger partial charge in [0, 0.05) is 7.11 Å². The van der Waals surface area contributed by atoms with Crippen molar-refractivity contribution in [1.82, 2.24) is 0 Å². The summed E-state index contributed by atoms with van der Waals surface area (Å²) in [5.41, 5.74) is 0. The van der Waals surface area contributed by atoms with Gasteiger partial charge in [0.2, 0.25) is 0 Å². The molecule has 3 atom stereocenters. The maximum absolute atomic E-state index is 7.24. The van der Waals surface area contributed by atoms with Crippen LogP contribution in [0.1, 0.15) is 8.29 Å². The third kappa shape index (κ3) is 1.66. The number of methoxy groups -OCH3 is 1. The zero-order valence-electron chi connectivity index (χ0n) is 6.83. The van der Waals surface area contributed by atoms with Crippen LogP contribution in [0.2, 0.25) is 0 Å². The number of hydrogen-bond donors (Lipinski definition) is 0. The second-order valence-electron chi connectivity index (χ2n) is 2.32. The maximum Gasteiger partial charge on any atom is 0.0837 e. The summed E-state index contributed by atoms with van der Waals surface area (Å²) in [5.74, 6) is 0.349. The summed E-state index contributed by atoms with van der Waals surface area (Å²) in [6, 6.07) is 0. The molecule has 9 heavy (non-hydrogen) atoms. The van der Waals surface area contributed by atoms with Gasteiger partial charge in [0.15, 0.2) is 0 Å². The highest BCUT2D eigenvalue weighted by Gasteiger charge is 2.23. The van der Waals surface area contributed by atoms with Gasteiger partial charge in [-0.2, -0.15) is 0 Å². The van der Waals surface area contributed by atoms with Gasteiger partial charge in [-0.3, -0.25) is 0 Å². The van der Waals surface area contributed by atoms with Gasteiger partial charge in [-0.1, -0.05) is 6.92 Å². The summed E-state index contributed by atoms with van der Waals surface area (Å²) >= 11 is 0. The fourth-order valence-electron chi connectivity index (χ4n) is 0.873. The highest BCUT2D eigenvalue weighted by atomic mass is 16.5. The fraction of sp³-hybridized carbons (Fsp3) is 0.857. The summed E-state index contributed by atoms with van der Waals surface area (Å²) in [6.45, 7) is 2.18. The van der Waals surface area contributed by atoms with Crippen LogP contribution in [0.4, 0.5) is 0 Å². The average Bonchev–Trinajstić information content (AvgIpc) is 2.13. The first-order valence-corrected chi connectivity index (χ1v) is 3.15. The molecule has 0 aromatic carbocycles. The van der Waals surface area contributed by atoms with Crippen molar-refractivity contribution in [2.75, 3.05) is 20.3 Å². The Labute approximate surface area is 57.6 Å². The minimum Gasteiger partial charge on any atom is -0.382 e. The lowest BCUT2D eigenvalue weighted by Crippen LogP contribution is -2.19.